The lowest BCUT2D eigenvalue weighted by Gasteiger charge is -2.42. The molecule has 0 aromatic heterocycles. The largest absolute Gasteiger partial charge is 0.480 e. The molecule has 0 bridgehead atoms. The average Bonchev–Trinajstić information content (AvgIpc) is 2.36. The Balaban J connectivity index is 3.06. The normalized spacial score (nSPS) is 12.3. The molecule has 0 atom stereocenters. The van der Waals surface area contributed by atoms with Gasteiger partial charge in [0.2, 0.25) is 0 Å². The van der Waals surface area contributed by atoms with Gasteiger partial charge in [-0.2, -0.15) is 0 Å². The highest BCUT2D eigenvalue weighted by Crippen LogP contribution is 2.45. The molecule has 0 heterocycles. The molecule has 0 fully saturated rings. The number of aliphatic carboxylic acids is 1. The van der Waals surface area contributed by atoms with Crippen LogP contribution in [0.3, 0.4) is 0 Å². The van der Waals surface area contributed by atoms with E-state index in [1.54, 1.807) is 6.07 Å². The summed E-state index contributed by atoms with van der Waals surface area (Å²) in [5.41, 5.74) is 1.20. The van der Waals surface area contributed by atoms with Crippen LogP contribution in [-0.2, 0) is 10.2 Å². The maximum absolute atomic E-state index is 10.5. The minimum atomic E-state index is -1.02. The summed E-state index contributed by atoms with van der Waals surface area (Å²) >= 11 is 6.19. The zero-order valence-corrected chi connectivity index (χ0v) is 13.5. The Hall–Kier alpha value is -1.22. The summed E-state index contributed by atoms with van der Waals surface area (Å²) in [7, 11) is 0. The zero-order valence-electron chi connectivity index (χ0n) is 12.8. The number of ether oxygens (including phenoxy) is 1. The van der Waals surface area contributed by atoms with Crippen molar-refractivity contribution in [2.45, 2.75) is 46.5 Å². The number of rotatable bonds is 6. The number of hydrogen-bond donors (Lipinski definition) is 1. The maximum atomic E-state index is 10.5. The molecule has 4 heteroatoms. The topological polar surface area (TPSA) is 46.5 Å². The third-order valence-electron chi connectivity index (χ3n) is 4.58. The van der Waals surface area contributed by atoms with Crippen molar-refractivity contribution in [2.24, 2.45) is 5.41 Å². The Labute approximate surface area is 125 Å². The van der Waals surface area contributed by atoms with E-state index in [9.17, 15) is 4.79 Å². The Morgan fingerprint density at radius 2 is 1.90 bits per heavy atom. The second kappa shape index (κ2) is 6.04. The quantitative estimate of drug-likeness (QED) is 0.840. The summed E-state index contributed by atoms with van der Waals surface area (Å²) in [6.07, 6.45) is 1.05. The molecule has 0 radical (unpaired) electrons. The first-order valence-corrected chi connectivity index (χ1v) is 7.14. The summed E-state index contributed by atoms with van der Waals surface area (Å²) in [6, 6.07) is 5.57. The fourth-order valence-corrected chi connectivity index (χ4v) is 2.21. The predicted octanol–water partition coefficient (Wildman–Crippen LogP) is 4.52. The van der Waals surface area contributed by atoms with Gasteiger partial charge in [-0.3, -0.25) is 0 Å². The molecule has 0 saturated carbocycles. The second-order valence-electron chi connectivity index (χ2n) is 6.19. The monoisotopic (exact) mass is 298 g/mol. The summed E-state index contributed by atoms with van der Waals surface area (Å²) < 4.78 is 5.15. The first-order chi connectivity index (χ1) is 9.11. The molecule has 0 aliphatic carbocycles. The van der Waals surface area contributed by atoms with Gasteiger partial charge in [0.15, 0.2) is 6.61 Å². The molecule has 0 spiro atoms. The van der Waals surface area contributed by atoms with Gasteiger partial charge in [0.1, 0.15) is 5.75 Å². The lowest BCUT2D eigenvalue weighted by molar-refractivity contribution is -0.139. The average molecular weight is 299 g/mol. The van der Waals surface area contributed by atoms with Gasteiger partial charge in [0, 0.05) is 0 Å². The fraction of sp³-hybridized carbons (Fsp3) is 0.562. The summed E-state index contributed by atoms with van der Waals surface area (Å²) in [6.45, 7) is 10.6. The highest BCUT2D eigenvalue weighted by molar-refractivity contribution is 6.32. The minimum absolute atomic E-state index is 0.0449. The van der Waals surface area contributed by atoms with Crippen LogP contribution >= 0.6 is 11.6 Å². The number of carboxylic acids is 1. The van der Waals surface area contributed by atoms with Crippen molar-refractivity contribution in [3.05, 3.63) is 28.8 Å². The highest BCUT2D eigenvalue weighted by atomic mass is 35.5. The van der Waals surface area contributed by atoms with Gasteiger partial charge in [-0.25, -0.2) is 4.79 Å². The van der Waals surface area contributed by atoms with Crippen molar-refractivity contribution in [3.8, 4) is 5.75 Å². The number of benzene rings is 1. The molecule has 0 unspecified atom stereocenters. The predicted molar refractivity (Wildman–Crippen MR) is 81.7 cm³/mol. The molecule has 20 heavy (non-hydrogen) atoms. The fourth-order valence-electron chi connectivity index (χ4n) is 1.98. The first kappa shape index (κ1) is 16.8. The van der Waals surface area contributed by atoms with E-state index in [0.29, 0.717) is 10.8 Å². The van der Waals surface area contributed by atoms with Crippen LogP contribution in [-0.4, -0.2) is 17.7 Å². The molecule has 0 saturated heterocycles. The maximum Gasteiger partial charge on any atom is 0.341 e. The van der Waals surface area contributed by atoms with Crippen molar-refractivity contribution >= 4 is 17.6 Å². The van der Waals surface area contributed by atoms with E-state index in [2.05, 4.69) is 34.6 Å². The molecule has 1 rings (SSSR count). The Morgan fingerprint density at radius 1 is 1.30 bits per heavy atom. The van der Waals surface area contributed by atoms with Crippen LogP contribution in [0.4, 0.5) is 0 Å². The molecule has 1 aromatic rings. The zero-order chi connectivity index (χ0) is 15.6. The van der Waals surface area contributed by atoms with E-state index in [1.165, 1.54) is 0 Å². The van der Waals surface area contributed by atoms with Crippen molar-refractivity contribution in [2.75, 3.05) is 6.61 Å². The summed E-state index contributed by atoms with van der Waals surface area (Å²) in [5, 5.41) is 9.07. The van der Waals surface area contributed by atoms with Crippen LogP contribution in [0.15, 0.2) is 18.2 Å². The Bertz CT molecular complexity index is 492. The smallest absolute Gasteiger partial charge is 0.341 e. The lowest BCUT2D eigenvalue weighted by atomic mass is 9.63. The third kappa shape index (κ3) is 3.45. The highest BCUT2D eigenvalue weighted by Gasteiger charge is 2.37. The Kier molecular flexibility index (Phi) is 5.09. The third-order valence-corrected chi connectivity index (χ3v) is 4.88. The summed E-state index contributed by atoms with van der Waals surface area (Å²) in [4.78, 5) is 10.5. The SMILES string of the molecule is CCC(C)(C)C(C)(C)c1ccc(OCC(=O)O)c(Cl)c1. The molecule has 0 amide bonds. The molecule has 0 aliphatic heterocycles. The van der Waals surface area contributed by atoms with Crippen molar-refractivity contribution in [1.82, 2.24) is 0 Å². The second-order valence-corrected chi connectivity index (χ2v) is 6.60. The molecule has 1 aromatic carbocycles. The van der Waals surface area contributed by atoms with Gasteiger partial charge in [-0.05, 0) is 28.5 Å². The molecule has 3 nitrogen and oxygen atoms in total. The minimum Gasteiger partial charge on any atom is -0.480 e. The standard InChI is InChI=1S/C16H23ClO3/c1-6-15(2,3)16(4,5)11-7-8-13(12(17)9-11)20-10-14(18)19/h7-9H,6,10H2,1-5H3,(H,18,19). The molecule has 1 N–H and O–H groups in total. The number of carboxylic acid groups (broad SMARTS) is 1. The number of halogens is 1. The first-order valence-electron chi connectivity index (χ1n) is 6.76. The van der Waals surface area contributed by atoms with Crippen molar-refractivity contribution in [1.29, 1.82) is 0 Å². The van der Waals surface area contributed by atoms with Crippen LogP contribution < -0.4 is 4.74 Å². The Morgan fingerprint density at radius 3 is 2.35 bits per heavy atom. The van der Waals surface area contributed by atoms with E-state index < -0.39 is 5.97 Å². The van der Waals surface area contributed by atoms with Gasteiger partial charge in [-0.15, -0.1) is 0 Å². The van der Waals surface area contributed by atoms with Crippen molar-refractivity contribution < 1.29 is 14.6 Å². The van der Waals surface area contributed by atoms with Gasteiger partial charge in [0.25, 0.3) is 0 Å². The molecular formula is C16H23ClO3. The van der Waals surface area contributed by atoms with E-state index in [-0.39, 0.29) is 17.4 Å². The van der Waals surface area contributed by atoms with Gasteiger partial charge < -0.3 is 9.84 Å². The molecule has 0 aliphatic rings. The summed E-state index contributed by atoms with van der Waals surface area (Å²) in [5.74, 6) is -0.611. The van der Waals surface area contributed by atoms with Gasteiger partial charge in [-0.1, -0.05) is 58.7 Å². The lowest BCUT2D eigenvalue weighted by Crippen LogP contribution is -2.36. The van der Waals surface area contributed by atoms with Crippen LogP contribution in [0.25, 0.3) is 0 Å². The van der Waals surface area contributed by atoms with Crippen molar-refractivity contribution in [3.63, 3.8) is 0 Å². The van der Waals surface area contributed by atoms with Gasteiger partial charge >= 0.3 is 5.97 Å². The van der Waals surface area contributed by atoms with Crippen LogP contribution in [0, 0.1) is 5.41 Å². The van der Waals surface area contributed by atoms with Crippen LogP contribution in [0.5, 0.6) is 5.75 Å². The van der Waals surface area contributed by atoms with Crippen LogP contribution in [0.2, 0.25) is 5.02 Å². The van der Waals surface area contributed by atoms with E-state index in [1.807, 2.05) is 12.1 Å². The van der Waals surface area contributed by atoms with E-state index in [0.717, 1.165) is 12.0 Å². The number of hydrogen-bond acceptors (Lipinski definition) is 2. The van der Waals surface area contributed by atoms with Gasteiger partial charge in [0.05, 0.1) is 5.02 Å². The molecular weight excluding hydrogens is 276 g/mol. The van der Waals surface area contributed by atoms with E-state index in [4.69, 9.17) is 21.4 Å². The molecule has 112 valence electrons. The van der Waals surface area contributed by atoms with Crippen LogP contribution in [0.1, 0.15) is 46.6 Å². The number of carbonyl (C=O) groups is 1. The van der Waals surface area contributed by atoms with E-state index >= 15 is 0 Å².